The number of hydroxylamine groups is 1. The quantitative estimate of drug-likeness (QED) is 0.433. The molecule has 22 heavy (non-hydrogen) atoms. The number of nitrogens with one attached hydrogen (secondary N) is 1. The van der Waals surface area contributed by atoms with E-state index < -0.39 is 5.91 Å². The number of fused-ring (bicyclic) bond motifs is 1. The van der Waals surface area contributed by atoms with Gasteiger partial charge in [-0.15, -0.1) is 16.4 Å². The maximum absolute atomic E-state index is 10.9. The predicted octanol–water partition coefficient (Wildman–Crippen LogP) is 2.11. The van der Waals surface area contributed by atoms with Crippen molar-refractivity contribution in [1.82, 2.24) is 25.5 Å². The van der Waals surface area contributed by atoms with E-state index in [2.05, 4.69) is 15.3 Å². The van der Waals surface area contributed by atoms with Gasteiger partial charge in [-0.25, -0.2) is 15.1 Å². The first kappa shape index (κ1) is 14.6. The number of carbonyl (C=O) groups is 1. The van der Waals surface area contributed by atoms with E-state index in [4.69, 9.17) is 16.8 Å². The number of hydrogen-bond donors (Lipinski definition) is 2. The molecular formula is C13H10ClN5O2S. The Bertz CT molecular complexity index is 857. The fourth-order valence-electron chi connectivity index (χ4n) is 1.82. The number of halogens is 1. The van der Waals surface area contributed by atoms with Crippen LogP contribution in [-0.2, 0) is 11.3 Å². The van der Waals surface area contributed by atoms with Crippen molar-refractivity contribution < 1.29 is 10.0 Å². The lowest BCUT2D eigenvalue weighted by Crippen LogP contribution is -2.14. The van der Waals surface area contributed by atoms with Gasteiger partial charge in [-0.05, 0) is 24.3 Å². The summed E-state index contributed by atoms with van der Waals surface area (Å²) in [4.78, 5) is 15.4. The fraction of sp³-hybridized carbons (Fsp3) is 0.0769. The van der Waals surface area contributed by atoms with Crippen LogP contribution in [0.4, 0.5) is 0 Å². The number of hydrogen-bond acceptors (Lipinski definition) is 6. The molecular weight excluding hydrogens is 326 g/mol. The lowest BCUT2D eigenvalue weighted by molar-refractivity contribution is -0.124. The molecule has 2 aromatic heterocycles. The third-order valence-electron chi connectivity index (χ3n) is 2.76. The molecule has 0 aliphatic rings. The Kier molecular flexibility index (Phi) is 4.14. The van der Waals surface area contributed by atoms with Crippen LogP contribution >= 0.6 is 22.9 Å². The van der Waals surface area contributed by atoms with Crippen molar-refractivity contribution in [2.24, 2.45) is 0 Å². The number of benzene rings is 1. The highest BCUT2D eigenvalue weighted by Crippen LogP contribution is 2.25. The van der Waals surface area contributed by atoms with Crippen molar-refractivity contribution in [3.8, 4) is 0 Å². The van der Waals surface area contributed by atoms with Gasteiger partial charge in [0.05, 0.1) is 23.0 Å². The summed E-state index contributed by atoms with van der Waals surface area (Å²) in [7, 11) is 0. The minimum atomic E-state index is -0.627. The minimum Gasteiger partial charge on any atom is -0.288 e. The first-order valence-electron chi connectivity index (χ1n) is 6.21. The van der Waals surface area contributed by atoms with Crippen molar-refractivity contribution in [2.45, 2.75) is 6.54 Å². The van der Waals surface area contributed by atoms with Crippen molar-refractivity contribution in [1.29, 1.82) is 0 Å². The third kappa shape index (κ3) is 3.30. The highest BCUT2D eigenvalue weighted by atomic mass is 35.5. The van der Waals surface area contributed by atoms with Crippen LogP contribution in [0.25, 0.3) is 16.3 Å². The van der Waals surface area contributed by atoms with Gasteiger partial charge >= 0.3 is 0 Å². The van der Waals surface area contributed by atoms with Gasteiger partial charge in [0.15, 0.2) is 0 Å². The molecule has 1 aromatic carbocycles. The molecule has 2 heterocycles. The van der Waals surface area contributed by atoms with Crippen molar-refractivity contribution >= 4 is 45.1 Å². The van der Waals surface area contributed by atoms with Crippen LogP contribution in [0.15, 0.2) is 30.5 Å². The van der Waals surface area contributed by atoms with E-state index in [9.17, 15) is 4.79 Å². The standard InChI is InChI=1S/C13H10ClN5O2S/c14-8-1-3-10-11(5-8)22-13(15-10)7-19-6-9(16-18-19)2-4-12(20)17-21/h1-6,21H,7H2,(H,17,20)/b4-2+. The molecule has 0 aliphatic carbocycles. The Morgan fingerprint density at radius 2 is 2.36 bits per heavy atom. The van der Waals surface area contributed by atoms with E-state index in [1.807, 2.05) is 12.1 Å². The Hall–Kier alpha value is -2.29. The SMILES string of the molecule is O=C(/C=C/c1cn(Cc2nc3ccc(Cl)cc3s2)nn1)NO. The van der Waals surface area contributed by atoms with Crippen LogP contribution in [0, 0.1) is 0 Å². The fourth-order valence-corrected chi connectivity index (χ4v) is 3.05. The molecule has 0 radical (unpaired) electrons. The average Bonchev–Trinajstić information content (AvgIpc) is 3.10. The maximum Gasteiger partial charge on any atom is 0.267 e. The van der Waals surface area contributed by atoms with E-state index in [0.717, 1.165) is 21.3 Å². The van der Waals surface area contributed by atoms with E-state index in [1.54, 1.807) is 16.9 Å². The van der Waals surface area contributed by atoms with Gasteiger partial charge < -0.3 is 0 Å². The molecule has 7 nitrogen and oxygen atoms in total. The summed E-state index contributed by atoms with van der Waals surface area (Å²) in [6, 6.07) is 5.56. The summed E-state index contributed by atoms with van der Waals surface area (Å²) < 4.78 is 2.64. The van der Waals surface area contributed by atoms with Crippen molar-refractivity contribution in [3.05, 3.63) is 46.2 Å². The van der Waals surface area contributed by atoms with E-state index in [0.29, 0.717) is 17.3 Å². The molecule has 0 saturated carbocycles. The summed E-state index contributed by atoms with van der Waals surface area (Å²) in [6.07, 6.45) is 4.29. The van der Waals surface area contributed by atoms with Gasteiger partial charge in [0.2, 0.25) is 0 Å². The normalized spacial score (nSPS) is 11.4. The molecule has 112 valence electrons. The van der Waals surface area contributed by atoms with Gasteiger partial charge in [0, 0.05) is 11.1 Å². The average molecular weight is 336 g/mol. The molecule has 3 aromatic rings. The zero-order valence-corrected chi connectivity index (χ0v) is 12.7. The molecule has 0 atom stereocenters. The zero-order chi connectivity index (χ0) is 15.5. The summed E-state index contributed by atoms with van der Waals surface area (Å²) in [5, 5.41) is 17.8. The van der Waals surface area contributed by atoms with Crippen LogP contribution in [0.3, 0.4) is 0 Å². The van der Waals surface area contributed by atoms with Gasteiger partial charge in [0.1, 0.15) is 10.7 Å². The first-order chi connectivity index (χ1) is 10.6. The summed E-state index contributed by atoms with van der Waals surface area (Å²) in [5.74, 6) is -0.627. The number of aromatic nitrogens is 4. The first-order valence-corrected chi connectivity index (χ1v) is 7.41. The summed E-state index contributed by atoms with van der Waals surface area (Å²) >= 11 is 7.50. The molecule has 1 amide bonds. The molecule has 0 spiro atoms. The largest absolute Gasteiger partial charge is 0.288 e. The van der Waals surface area contributed by atoms with Crippen LogP contribution in [0.1, 0.15) is 10.7 Å². The number of thiazole rings is 1. The smallest absolute Gasteiger partial charge is 0.267 e. The molecule has 0 unspecified atom stereocenters. The highest BCUT2D eigenvalue weighted by molar-refractivity contribution is 7.18. The summed E-state index contributed by atoms with van der Waals surface area (Å²) in [6.45, 7) is 0.476. The monoisotopic (exact) mass is 335 g/mol. The molecule has 9 heteroatoms. The number of nitrogens with zero attached hydrogens (tertiary/aromatic N) is 4. The van der Waals surface area contributed by atoms with Gasteiger partial charge in [-0.3, -0.25) is 10.0 Å². The van der Waals surface area contributed by atoms with Crippen LogP contribution in [0.5, 0.6) is 0 Å². The third-order valence-corrected chi connectivity index (χ3v) is 4.00. The maximum atomic E-state index is 10.9. The second-order valence-electron chi connectivity index (χ2n) is 4.37. The topological polar surface area (TPSA) is 92.9 Å². The van der Waals surface area contributed by atoms with Crippen LogP contribution in [-0.4, -0.2) is 31.1 Å². The molecule has 3 rings (SSSR count). The van der Waals surface area contributed by atoms with Crippen LogP contribution in [0.2, 0.25) is 5.02 Å². The minimum absolute atomic E-state index is 0.476. The second kappa shape index (κ2) is 6.22. The molecule has 2 N–H and O–H groups in total. The molecule has 0 fully saturated rings. The van der Waals surface area contributed by atoms with Crippen molar-refractivity contribution in [2.75, 3.05) is 0 Å². The van der Waals surface area contributed by atoms with Gasteiger partial charge in [0.25, 0.3) is 5.91 Å². The Morgan fingerprint density at radius 3 is 3.18 bits per heavy atom. The van der Waals surface area contributed by atoms with E-state index >= 15 is 0 Å². The van der Waals surface area contributed by atoms with Gasteiger partial charge in [-0.1, -0.05) is 16.8 Å². The number of rotatable bonds is 4. The second-order valence-corrected chi connectivity index (χ2v) is 5.92. The van der Waals surface area contributed by atoms with Crippen molar-refractivity contribution in [3.63, 3.8) is 0 Å². The zero-order valence-electron chi connectivity index (χ0n) is 11.1. The lowest BCUT2D eigenvalue weighted by atomic mass is 10.3. The number of amides is 1. The molecule has 0 bridgehead atoms. The highest BCUT2D eigenvalue weighted by Gasteiger charge is 2.06. The van der Waals surface area contributed by atoms with E-state index in [1.165, 1.54) is 22.9 Å². The molecule has 0 aliphatic heterocycles. The van der Waals surface area contributed by atoms with Gasteiger partial charge in [-0.2, -0.15) is 0 Å². The predicted molar refractivity (Wildman–Crippen MR) is 82.7 cm³/mol. The molecule has 0 saturated heterocycles. The Labute approximate surface area is 133 Å². The lowest BCUT2D eigenvalue weighted by Gasteiger charge is -1.93. The number of carbonyl (C=O) groups excluding carboxylic acids is 1. The Morgan fingerprint density at radius 1 is 1.50 bits per heavy atom. The summed E-state index contributed by atoms with van der Waals surface area (Å²) in [5.41, 5.74) is 2.90. The Balaban J connectivity index is 1.76. The van der Waals surface area contributed by atoms with E-state index in [-0.39, 0.29) is 0 Å². The van der Waals surface area contributed by atoms with Crippen LogP contribution < -0.4 is 5.48 Å².